The van der Waals surface area contributed by atoms with E-state index in [9.17, 15) is 14.4 Å². The smallest absolute Gasteiger partial charge is 0.269 e. The van der Waals surface area contributed by atoms with Crippen molar-refractivity contribution in [3.05, 3.63) is 95.6 Å². The van der Waals surface area contributed by atoms with E-state index in [1.54, 1.807) is 48.5 Å². The number of hydrogen-bond acceptors (Lipinski definition) is 5. The van der Waals surface area contributed by atoms with Crippen molar-refractivity contribution in [3.63, 3.8) is 0 Å². The van der Waals surface area contributed by atoms with Gasteiger partial charge in [0.05, 0.1) is 6.61 Å². The van der Waals surface area contributed by atoms with Gasteiger partial charge in [0.2, 0.25) is 5.91 Å². The number of amides is 3. The van der Waals surface area contributed by atoms with E-state index in [-0.39, 0.29) is 11.0 Å². The number of hydrazine groups is 1. The fourth-order valence-electron chi connectivity index (χ4n) is 3.18. The molecule has 0 aliphatic rings. The SMILES string of the molecule is CCCC(=O)Nc1ccc(C(=O)NNC(=S)NC(=O)c2ccc(OCCc3ccccc3)cc2)cc1. The summed E-state index contributed by atoms with van der Waals surface area (Å²) in [7, 11) is 0. The van der Waals surface area contributed by atoms with Gasteiger partial charge in [-0.05, 0) is 72.7 Å². The number of rotatable bonds is 9. The van der Waals surface area contributed by atoms with E-state index in [1.165, 1.54) is 5.56 Å². The Balaban J connectivity index is 1.40. The van der Waals surface area contributed by atoms with Crippen LogP contribution in [0, 0.1) is 0 Å². The predicted molar refractivity (Wildman–Crippen MR) is 143 cm³/mol. The first kappa shape index (κ1) is 26.4. The summed E-state index contributed by atoms with van der Waals surface area (Å²) in [6.07, 6.45) is 1.97. The van der Waals surface area contributed by atoms with Crippen molar-refractivity contribution >= 4 is 40.7 Å². The number of anilines is 1. The Bertz CT molecular complexity index is 1180. The summed E-state index contributed by atoms with van der Waals surface area (Å²) in [6, 6.07) is 23.2. The van der Waals surface area contributed by atoms with Gasteiger partial charge in [0.25, 0.3) is 11.8 Å². The summed E-state index contributed by atoms with van der Waals surface area (Å²) < 4.78 is 5.73. The molecule has 4 N–H and O–H groups in total. The number of carbonyl (C=O) groups excluding carboxylic acids is 3. The van der Waals surface area contributed by atoms with Crippen molar-refractivity contribution in [2.24, 2.45) is 0 Å². The predicted octanol–water partition coefficient (Wildman–Crippen LogP) is 4.00. The van der Waals surface area contributed by atoms with Crippen LogP contribution in [0.15, 0.2) is 78.9 Å². The molecule has 0 heterocycles. The third kappa shape index (κ3) is 8.52. The monoisotopic (exact) mass is 504 g/mol. The lowest BCUT2D eigenvalue weighted by Crippen LogP contribution is -2.48. The Hall–Kier alpha value is -4.24. The van der Waals surface area contributed by atoms with Gasteiger partial charge in [0.1, 0.15) is 5.75 Å². The molecule has 0 spiro atoms. The summed E-state index contributed by atoms with van der Waals surface area (Å²) in [5.41, 5.74) is 7.47. The molecule has 36 heavy (non-hydrogen) atoms. The van der Waals surface area contributed by atoms with Crippen LogP contribution in [0.4, 0.5) is 5.69 Å². The van der Waals surface area contributed by atoms with Crippen molar-refractivity contribution in [1.82, 2.24) is 16.2 Å². The third-order valence-electron chi connectivity index (χ3n) is 5.04. The zero-order chi connectivity index (χ0) is 25.8. The normalized spacial score (nSPS) is 10.1. The number of nitrogens with one attached hydrogen (secondary N) is 4. The van der Waals surface area contributed by atoms with Crippen LogP contribution in [0.25, 0.3) is 0 Å². The van der Waals surface area contributed by atoms with E-state index in [0.717, 1.165) is 12.8 Å². The molecule has 9 heteroatoms. The first-order valence-corrected chi connectivity index (χ1v) is 11.9. The molecule has 3 aromatic rings. The number of hydrogen-bond donors (Lipinski definition) is 4. The van der Waals surface area contributed by atoms with E-state index in [0.29, 0.717) is 35.6 Å². The number of benzene rings is 3. The maximum Gasteiger partial charge on any atom is 0.269 e. The molecule has 186 valence electrons. The van der Waals surface area contributed by atoms with Crippen molar-refractivity contribution in [3.8, 4) is 5.75 Å². The Morgan fingerprint density at radius 3 is 2.11 bits per heavy atom. The molecule has 0 atom stereocenters. The Labute approximate surface area is 215 Å². The molecule has 3 aromatic carbocycles. The average molecular weight is 505 g/mol. The van der Waals surface area contributed by atoms with Gasteiger partial charge in [0.15, 0.2) is 5.11 Å². The van der Waals surface area contributed by atoms with Crippen LogP contribution in [0.3, 0.4) is 0 Å². The first-order valence-electron chi connectivity index (χ1n) is 11.5. The Morgan fingerprint density at radius 1 is 0.806 bits per heavy atom. The minimum atomic E-state index is -0.449. The first-order chi connectivity index (χ1) is 17.4. The third-order valence-corrected chi connectivity index (χ3v) is 5.25. The van der Waals surface area contributed by atoms with Gasteiger partial charge in [-0.15, -0.1) is 0 Å². The number of carbonyl (C=O) groups is 3. The van der Waals surface area contributed by atoms with Gasteiger partial charge >= 0.3 is 0 Å². The van der Waals surface area contributed by atoms with E-state index in [1.807, 2.05) is 37.3 Å². The zero-order valence-electron chi connectivity index (χ0n) is 19.9. The molecule has 0 bridgehead atoms. The molecule has 0 aliphatic heterocycles. The minimum absolute atomic E-state index is 0.0556. The van der Waals surface area contributed by atoms with Crippen molar-refractivity contribution in [2.75, 3.05) is 11.9 Å². The number of ether oxygens (including phenoxy) is 1. The van der Waals surface area contributed by atoms with Gasteiger partial charge in [-0.3, -0.25) is 30.6 Å². The van der Waals surface area contributed by atoms with E-state index < -0.39 is 11.8 Å². The minimum Gasteiger partial charge on any atom is -0.493 e. The maximum atomic E-state index is 12.4. The topological polar surface area (TPSA) is 109 Å². The van der Waals surface area contributed by atoms with Crippen molar-refractivity contribution in [1.29, 1.82) is 0 Å². The van der Waals surface area contributed by atoms with Crippen molar-refractivity contribution < 1.29 is 19.1 Å². The second-order valence-corrected chi connectivity index (χ2v) is 8.25. The fraction of sp³-hybridized carbons (Fsp3) is 0.185. The quantitative estimate of drug-likeness (QED) is 0.259. The molecule has 0 radical (unpaired) electrons. The summed E-state index contributed by atoms with van der Waals surface area (Å²) >= 11 is 5.09. The lowest BCUT2D eigenvalue weighted by Gasteiger charge is -2.12. The highest BCUT2D eigenvalue weighted by Crippen LogP contribution is 2.13. The lowest BCUT2D eigenvalue weighted by atomic mass is 10.2. The molecule has 0 saturated heterocycles. The number of thiocarbonyl (C=S) groups is 1. The van der Waals surface area contributed by atoms with Crippen LogP contribution >= 0.6 is 12.2 Å². The van der Waals surface area contributed by atoms with Crippen LogP contribution < -0.4 is 26.2 Å². The van der Waals surface area contributed by atoms with Crippen LogP contribution in [0.2, 0.25) is 0 Å². The molecule has 3 rings (SSSR count). The van der Waals surface area contributed by atoms with Crippen LogP contribution in [0.1, 0.15) is 46.0 Å². The molecule has 0 unspecified atom stereocenters. The van der Waals surface area contributed by atoms with Gasteiger partial charge < -0.3 is 10.1 Å². The molecular formula is C27H28N4O4S. The summed E-state index contributed by atoms with van der Waals surface area (Å²) in [6.45, 7) is 2.45. The summed E-state index contributed by atoms with van der Waals surface area (Å²) in [5, 5.41) is 5.21. The highest BCUT2D eigenvalue weighted by atomic mass is 32.1. The second kappa shape index (κ2) is 13.6. The van der Waals surface area contributed by atoms with Crippen molar-refractivity contribution in [2.45, 2.75) is 26.2 Å². The Kier molecular flexibility index (Phi) is 9.96. The van der Waals surface area contributed by atoms with E-state index in [2.05, 4.69) is 21.5 Å². The largest absolute Gasteiger partial charge is 0.493 e. The maximum absolute atomic E-state index is 12.4. The summed E-state index contributed by atoms with van der Waals surface area (Å²) in [4.78, 5) is 36.4. The Morgan fingerprint density at radius 2 is 1.44 bits per heavy atom. The lowest BCUT2D eigenvalue weighted by molar-refractivity contribution is -0.116. The molecule has 0 aromatic heterocycles. The molecule has 0 aliphatic carbocycles. The van der Waals surface area contributed by atoms with Crippen LogP contribution in [-0.2, 0) is 11.2 Å². The van der Waals surface area contributed by atoms with Gasteiger partial charge in [0, 0.05) is 29.7 Å². The summed E-state index contributed by atoms with van der Waals surface area (Å²) in [5.74, 6) is -0.297. The van der Waals surface area contributed by atoms with E-state index in [4.69, 9.17) is 17.0 Å². The van der Waals surface area contributed by atoms with Crippen LogP contribution in [0.5, 0.6) is 5.75 Å². The van der Waals surface area contributed by atoms with Gasteiger partial charge in [-0.25, -0.2) is 0 Å². The standard InChI is InChI=1S/C27H28N4O4S/c1-2-6-24(32)28-22-13-9-21(10-14-22)26(34)30-31-27(36)29-25(33)20-11-15-23(16-12-20)35-18-17-19-7-4-3-5-8-19/h3-5,7-16H,2,6,17-18H2,1H3,(H,28,32)(H,30,34)(H2,29,31,33,36). The molecule has 0 saturated carbocycles. The molecule has 8 nitrogen and oxygen atoms in total. The van der Waals surface area contributed by atoms with Gasteiger partial charge in [-0.2, -0.15) is 0 Å². The fourth-order valence-corrected chi connectivity index (χ4v) is 3.33. The molecule has 3 amide bonds. The zero-order valence-corrected chi connectivity index (χ0v) is 20.7. The average Bonchev–Trinajstić information content (AvgIpc) is 2.89. The molecule has 0 fully saturated rings. The van der Waals surface area contributed by atoms with E-state index >= 15 is 0 Å². The highest BCUT2D eigenvalue weighted by Gasteiger charge is 2.10. The van der Waals surface area contributed by atoms with Gasteiger partial charge in [-0.1, -0.05) is 37.3 Å². The van der Waals surface area contributed by atoms with Crippen LogP contribution in [-0.4, -0.2) is 29.4 Å². The second-order valence-electron chi connectivity index (χ2n) is 7.85. The molecular weight excluding hydrogens is 476 g/mol. The highest BCUT2D eigenvalue weighted by molar-refractivity contribution is 7.80.